The first-order valence-electron chi connectivity index (χ1n) is 11.1. The number of anilines is 1. The zero-order valence-corrected chi connectivity index (χ0v) is 19.5. The summed E-state index contributed by atoms with van der Waals surface area (Å²) >= 11 is 0. The van der Waals surface area contributed by atoms with E-state index in [1.165, 1.54) is 17.7 Å². The number of para-hydroxylation sites is 2. The van der Waals surface area contributed by atoms with Gasteiger partial charge in [0.1, 0.15) is 5.52 Å². The summed E-state index contributed by atoms with van der Waals surface area (Å²) < 4.78 is 7.01. The van der Waals surface area contributed by atoms with Crippen molar-refractivity contribution >= 4 is 23.0 Å². The third-order valence-corrected chi connectivity index (χ3v) is 6.01. The average molecular weight is 482 g/mol. The van der Waals surface area contributed by atoms with Crippen LogP contribution in [-0.2, 0) is 7.05 Å². The summed E-state index contributed by atoms with van der Waals surface area (Å²) in [5, 5.41) is 20.2. The standard InChI is InChI=1S/C27H22N4O5/c1-30(22(16-9-4-3-5-10-16)17-11-8-12-18(15-17)26(34)35)27-29-21(23(32)25(33)31(27)2)24-28-19-13-6-7-14-20(19)36-24/h3-15,22,32H,1-2H3,(H,34,35)/t22-/m0/s1. The fraction of sp³-hybridized carbons (Fsp3) is 0.111. The molecule has 0 aliphatic rings. The van der Waals surface area contributed by atoms with Crippen molar-refractivity contribution in [2.24, 2.45) is 7.05 Å². The van der Waals surface area contributed by atoms with E-state index in [9.17, 15) is 19.8 Å². The van der Waals surface area contributed by atoms with Crippen molar-refractivity contribution < 1.29 is 19.4 Å². The zero-order chi connectivity index (χ0) is 25.4. The van der Waals surface area contributed by atoms with Crippen LogP contribution in [0.3, 0.4) is 0 Å². The van der Waals surface area contributed by atoms with Gasteiger partial charge in [-0.15, -0.1) is 0 Å². The van der Waals surface area contributed by atoms with Crippen molar-refractivity contribution in [1.82, 2.24) is 14.5 Å². The van der Waals surface area contributed by atoms with Crippen LogP contribution in [0.4, 0.5) is 5.95 Å². The molecule has 0 amide bonds. The van der Waals surface area contributed by atoms with Crippen LogP contribution in [0, 0.1) is 0 Å². The van der Waals surface area contributed by atoms with Gasteiger partial charge >= 0.3 is 5.97 Å². The molecule has 2 N–H and O–H groups in total. The number of aromatic hydroxyl groups is 1. The molecular weight excluding hydrogens is 460 g/mol. The van der Waals surface area contributed by atoms with Crippen LogP contribution in [0.1, 0.15) is 27.5 Å². The van der Waals surface area contributed by atoms with Crippen molar-refractivity contribution in [3.63, 3.8) is 0 Å². The number of hydrogen-bond donors (Lipinski definition) is 2. The lowest BCUT2D eigenvalue weighted by molar-refractivity contribution is 0.0696. The predicted octanol–water partition coefficient (Wildman–Crippen LogP) is 4.22. The van der Waals surface area contributed by atoms with Gasteiger partial charge in [-0.3, -0.25) is 9.36 Å². The number of nitrogens with zero attached hydrogens (tertiary/aromatic N) is 4. The van der Waals surface area contributed by atoms with Gasteiger partial charge in [0, 0.05) is 14.1 Å². The highest BCUT2D eigenvalue weighted by molar-refractivity contribution is 5.87. The van der Waals surface area contributed by atoms with E-state index < -0.39 is 23.3 Å². The van der Waals surface area contributed by atoms with Crippen molar-refractivity contribution in [2.45, 2.75) is 6.04 Å². The van der Waals surface area contributed by atoms with Gasteiger partial charge in [-0.2, -0.15) is 0 Å². The Morgan fingerprint density at radius 1 is 0.972 bits per heavy atom. The summed E-state index contributed by atoms with van der Waals surface area (Å²) in [6, 6.07) is 22.7. The van der Waals surface area contributed by atoms with E-state index in [2.05, 4.69) is 9.97 Å². The molecule has 36 heavy (non-hydrogen) atoms. The molecular formula is C27H22N4O5. The number of carboxylic acids is 1. The molecule has 0 saturated heterocycles. The van der Waals surface area contributed by atoms with Crippen LogP contribution in [0.2, 0.25) is 0 Å². The lowest BCUT2D eigenvalue weighted by Gasteiger charge is -2.31. The lowest BCUT2D eigenvalue weighted by atomic mass is 9.96. The van der Waals surface area contributed by atoms with E-state index in [-0.39, 0.29) is 23.1 Å². The molecule has 9 heteroatoms. The molecule has 3 aromatic carbocycles. The Balaban J connectivity index is 1.69. The van der Waals surface area contributed by atoms with Crippen molar-refractivity contribution in [1.29, 1.82) is 0 Å². The molecule has 0 fully saturated rings. The Morgan fingerprint density at radius 2 is 1.67 bits per heavy atom. The molecule has 0 aliphatic heterocycles. The average Bonchev–Trinajstić information content (AvgIpc) is 3.32. The maximum atomic E-state index is 13.0. The van der Waals surface area contributed by atoms with Crippen molar-refractivity contribution in [3.8, 4) is 17.3 Å². The largest absolute Gasteiger partial charge is 0.501 e. The second-order valence-electron chi connectivity index (χ2n) is 8.31. The molecule has 2 heterocycles. The number of carboxylic acid groups (broad SMARTS) is 1. The first-order valence-corrected chi connectivity index (χ1v) is 11.1. The number of benzene rings is 3. The van der Waals surface area contributed by atoms with E-state index in [1.807, 2.05) is 36.4 Å². The third-order valence-electron chi connectivity index (χ3n) is 6.01. The maximum Gasteiger partial charge on any atom is 0.335 e. The van der Waals surface area contributed by atoms with Crippen LogP contribution in [0.5, 0.6) is 5.75 Å². The first-order chi connectivity index (χ1) is 17.3. The van der Waals surface area contributed by atoms with Gasteiger partial charge in [-0.1, -0.05) is 54.6 Å². The minimum Gasteiger partial charge on any atom is -0.501 e. The Morgan fingerprint density at radius 3 is 2.39 bits per heavy atom. The smallest absolute Gasteiger partial charge is 0.335 e. The second kappa shape index (κ2) is 9.03. The van der Waals surface area contributed by atoms with E-state index >= 15 is 0 Å². The minimum absolute atomic E-state index is 0.0187. The topological polar surface area (TPSA) is 122 Å². The maximum absolute atomic E-state index is 13.0. The molecule has 0 bridgehead atoms. The molecule has 5 rings (SSSR count). The minimum atomic E-state index is -1.04. The second-order valence-corrected chi connectivity index (χ2v) is 8.31. The van der Waals surface area contributed by atoms with E-state index in [0.29, 0.717) is 16.7 Å². The Bertz CT molecular complexity index is 1610. The van der Waals surface area contributed by atoms with Gasteiger partial charge in [0.05, 0.1) is 11.6 Å². The molecule has 2 aromatic heterocycles. The molecule has 0 radical (unpaired) electrons. The molecule has 9 nitrogen and oxygen atoms in total. The number of hydrogen-bond acceptors (Lipinski definition) is 7. The Kier molecular flexibility index (Phi) is 5.73. The van der Waals surface area contributed by atoms with E-state index in [0.717, 1.165) is 5.56 Å². The van der Waals surface area contributed by atoms with Gasteiger partial charge in [0.15, 0.2) is 11.3 Å². The quantitative estimate of drug-likeness (QED) is 0.369. The van der Waals surface area contributed by atoms with Gasteiger partial charge in [-0.05, 0) is 35.4 Å². The number of aromatic nitrogens is 3. The molecule has 0 unspecified atom stereocenters. The van der Waals surface area contributed by atoms with Gasteiger partial charge < -0.3 is 19.5 Å². The normalized spacial score (nSPS) is 11.9. The Hall–Kier alpha value is -4.92. The highest BCUT2D eigenvalue weighted by Crippen LogP contribution is 2.34. The molecule has 0 saturated carbocycles. The fourth-order valence-corrected chi connectivity index (χ4v) is 4.25. The number of rotatable bonds is 6. The van der Waals surface area contributed by atoms with E-state index in [1.54, 1.807) is 48.3 Å². The summed E-state index contributed by atoms with van der Waals surface area (Å²) in [5.41, 5.74) is 2.00. The predicted molar refractivity (Wildman–Crippen MR) is 134 cm³/mol. The van der Waals surface area contributed by atoms with Crippen LogP contribution in [0.25, 0.3) is 22.7 Å². The summed E-state index contributed by atoms with van der Waals surface area (Å²) in [6.07, 6.45) is 0. The van der Waals surface area contributed by atoms with Gasteiger partial charge in [-0.25, -0.2) is 14.8 Å². The summed E-state index contributed by atoms with van der Waals surface area (Å²) in [7, 11) is 3.26. The highest BCUT2D eigenvalue weighted by Gasteiger charge is 2.27. The molecule has 1 atom stereocenters. The van der Waals surface area contributed by atoms with Crippen LogP contribution in [-0.4, -0.2) is 37.8 Å². The SMILES string of the molecule is CN(c1nc(-c2nc3ccccc3o2)c(O)c(=O)n1C)[C@@H](c1ccccc1)c1cccc(C(=O)O)c1. The van der Waals surface area contributed by atoms with Gasteiger partial charge in [0.2, 0.25) is 11.7 Å². The van der Waals surface area contributed by atoms with Crippen molar-refractivity contribution in [3.05, 3.63) is 106 Å². The Labute approximate surface area is 205 Å². The summed E-state index contributed by atoms with van der Waals surface area (Å²) in [5.74, 6) is -1.38. The highest BCUT2D eigenvalue weighted by atomic mass is 16.4. The summed E-state index contributed by atoms with van der Waals surface area (Å²) in [4.78, 5) is 35.4. The molecule has 0 spiro atoms. The van der Waals surface area contributed by atoms with Crippen LogP contribution in [0.15, 0.2) is 88.1 Å². The number of carbonyl (C=O) groups is 1. The van der Waals surface area contributed by atoms with Crippen LogP contribution >= 0.6 is 0 Å². The molecule has 5 aromatic rings. The first kappa shape index (κ1) is 22.9. The fourth-order valence-electron chi connectivity index (χ4n) is 4.25. The van der Waals surface area contributed by atoms with Crippen molar-refractivity contribution in [2.75, 3.05) is 11.9 Å². The molecule has 180 valence electrons. The third kappa shape index (κ3) is 3.96. The number of aromatic carboxylic acids is 1. The molecule has 0 aliphatic carbocycles. The monoisotopic (exact) mass is 482 g/mol. The van der Waals surface area contributed by atoms with E-state index in [4.69, 9.17) is 4.42 Å². The summed E-state index contributed by atoms with van der Waals surface area (Å²) in [6.45, 7) is 0. The van der Waals surface area contributed by atoms with Gasteiger partial charge in [0.25, 0.3) is 11.4 Å². The lowest BCUT2D eigenvalue weighted by Crippen LogP contribution is -2.33. The number of fused-ring (bicyclic) bond motifs is 1. The van der Waals surface area contributed by atoms with Crippen LogP contribution < -0.4 is 10.5 Å². The number of oxazole rings is 1. The zero-order valence-electron chi connectivity index (χ0n) is 19.5.